The number of amides is 2. The molecule has 1 unspecified atom stereocenters. The number of benzene rings is 3. The summed E-state index contributed by atoms with van der Waals surface area (Å²) in [6.45, 7) is 1.21. The van der Waals surface area contributed by atoms with Gasteiger partial charge in [-0.1, -0.05) is 60.2 Å². The number of hydrogen-bond donors (Lipinski definition) is 1. The SMILES string of the molecule is CNC(=O)C(Cc1ccccc1)N(Cc1cccc(C)c1)C(=O)CN(c1ccc(F)c(F)c1)S(C)(=O)=O. The summed E-state index contributed by atoms with van der Waals surface area (Å²) in [5.41, 5.74) is 2.29. The van der Waals surface area contributed by atoms with Gasteiger partial charge in [0, 0.05) is 26.1 Å². The summed E-state index contributed by atoms with van der Waals surface area (Å²) >= 11 is 0. The number of carbonyl (C=O) groups is 2. The van der Waals surface area contributed by atoms with Crippen molar-refractivity contribution >= 4 is 27.5 Å². The van der Waals surface area contributed by atoms with E-state index in [1.165, 1.54) is 11.9 Å². The van der Waals surface area contributed by atoms with E-state index in [4.69, 9.17) is 0 Å². The van der Waals surface area contributed by atoms with Gasteiger partial charge in [-0.15, -0.1) is 0 Å². The van der Waals surface area contributed by atoms with Crippen LogP contribution in [0.3, 0.4) is 0 Å². The summed E-state index contributed by atoms with van der Waals surface area (Å²) in [5.74, 6) is -3.50. The number of anilines is 1. The first-order valence-electron chi connectivity index (χ1n) is 11.5. The molecule has 3 aromatic carbocycles. The topological polar surface area (TPSA) is 86.8 Å². The fourth-order valence-corrected chi connectivity index (χ4v) is 4.82. The molecule has 1 N–H and O–H groups in total. The second-order valence-electron chi connectivity index (χ2n) is 8.70. The molecule has 0 aliphatic heterocycles. The Morgan fingerprint density at radius 2 is 1.59 bits per heavy atom. The molecule has 0 saturated carbocycles. The van der Waals surface area contributed by atoms with E-state index >= 15 is 0 Å². The zero-order chi connectivity index (χ0) is 27.2. The molecule has 0 aromatic heterocycles. The summed E-state index contributed by atoms with van der Waals surface area (Å²) < 4.78 is 53.3. The predicted octanol–water partition coefficient (Wildman–Crippen LogP) is 3.43. The van der Waals surface area contributed by atoms with Gasteiger partial charge in [-0.2, -0.15) is 0 Å². The van der Waals surface area contributed by atoms with Crippen molar-refractivity contribution in [2.75, 3.05) is 24.2 Å². The summed E-state index contributed by atoms with van der Waals surface area (Å²) in [4.78, 5) is 28.1. The molecule has 0 fully saturated rings. The van der Waals surface area contributed by atoms with Crippen LogP contribution in [0.1, 0.15) is 16.7 Å². The highest BCUT2D eigenvalue weighted by Crippen LogP contribution is 2.22. The minimum absolute atomic E-state index is 0.0286. The van der Waals surface area contributed by atoms with Gasteiger partial charge < -0.3 is 10.2 Å². The van der Waals surface area contributed by atoms with Crippen LogP contribution < -0.4 is 9.62 Å². The quantitative estimate of drug-likeness (QED) is 0.436. The molecule has 0 saturated heterocycles. The monoisotopic (exact) mass is 529 g/mol. The Hall–Kier alpha value is -3.79. The summed E-state index contributed by atoms with van der Waals surface area (Å²) in [7, 11) is -2.61. The Kier molecular flexibility index (Phi) is 8.99. The molecule has 0 spiro atoms. The largest absolute Gasteiger partial charge is 0.357 e. The number of sulfonamides is 1. The molecule has 0 radical (unpaired) electrons. The third-order valence-electron chi connectivity index (χ3n) is 5.82. The van der Waals surface area contributed by atoms with E-state index in [2.05, 4.69) is 5.32 Å². The van der Waals surface area contributed by atoms with Crippen molar-refractivity contribution in [2.45, 2.75) is 25.9 Å². The van der Waals surface area contributed by atoms with Gasteiger partial charge in [0.15, 0.2) is 11.6 Å². The van der Waals surface area contributed by atoms with Crippen LogP contribution in [-0.4, -0.2) is 51.0 Å². The van der Waals surface area contributed by atoms with E-state index in [0.717, 1.165) is 41.1 Å². The average molecular weight is 530 g/mol. The highest BCUT2D eigenvalue weighted by Gasteiger charge is 2.32. The Labute approximate surface area is 215 Å². The molecular weight excluding hydrogens is 500 g/mol. The number of nitrogens with zero attached hydrogens (tertiary/aromatic N) is 2. The van der Waals surface area contributed by atoms with Crippen molar-refractivity contribution in [3.05, 3.63) is 101 Å². The van der Waals surface area contributed by atoms with Crippen LogP contribution in [0.5, 0.6) is 0 Å². The van der Waals surface area contributed by atoms with E-state index in [-0.39, 0.29) is 18.7 Å². The predicted molar refractivity (Wildman–Crippen MR) is 138 cm³/mol. The Balaban J connectivity index is 2.04. The smallest absolute Gasteiger partial charge is 0.244 e. The molecule has 1 atom stereocenters. The lowest BCUT2D eigenvalue weighted by molar-refractivity contribution is -0.139. The Bertz CT molecular complexity index is 1370. The first kappa shape index (κ1) is 27.8. The Morgan fingerprint density at radius 3 is 2.19 bits per heavy atom. The van der Waals surface area contributed by atoms with Gasteiger partial charge in [0.1, 0.15) is 12.6 Å². The maximum absolute atomic E-state index is 13.9. The van der Waals surface area contributed by atoms with Crippen LogP contribution in [0, 0.1) is 18.6 Å². The van der Waals surface area contributed by atoms with Gasteiger partial charge in [0.2, 0.25) is 21.8 Å². The molecule has 37 heavy (non-hydrogen) atoms. The first-order valence-corrected chi connectivity index (χ1v) is 13.4. The van der Waals surface area contributed by atoms with Crippen molar-refractivity contribution in [3.8, 4) is 0 Å². The molecule has 196 valence electrons. The standard InChI is InChI=1S/C27H29F2N3O4S/c1-19-8-7-11-21(14-19)17-31(25(27(34)30-2)15-20-9-5-4-6-10-20)26(33)18-32(37(3,35)36)22-12-13-23(28)24(29)16-22/h4-14,16,25H,15,17-18H2,1-3H3,(H,30,34). The number of aryl methyl sites for hydroxylation is 1. The van der Waals surface area contributed by atoms with Crippen molar-refractivity contribution < 1.29 is 26.8 Å². The third-order valence-corrected chi connectivity index (χ3v) is 6.96. The number of hydrogen-bond acceptors (Lipinski definition) is 4. The van der Waals surface area contributed by atoms with Crippen LogP contribution in [0.25, 0.3) is 0 Å². The average Bonchev–Trinajstić information content (AvgIpc) is 2.86. The van der Waals surface area contributed by atoms with Crippen LogP contribution >= 0.6 is 0 Å². The fourth-order valence-electron chi connectivity index (χ4n) is 3.98. The number of nitrogens with one attached hydrogen (secondary N) is 1. The van der Waals surface area contributed by atoms with Crippen molar-refractivity contribution in [1.82, 2.24) is 10.2 Å². The van der Waals surface area contributed by atoms with E-state index in [1.807, 2.05) is 55.5 Å². The van der Waals surface area contributed by atoms with Crippen LogP contribution in [0.2, 0.25) is 0 Å². The van der Waals surface area contributed by atoms with E-state index in [9.17, 15) is 26.8 Å². The van der Waals surface area contributed by atoms with Crippen molar-refractivity contribution in [2.24, 2.45) is 0 Å². The zero-order valence-electron chi connectivity index (χ0n) is 20.8. The molecule has 2 amide bonds. The van der Waals surface area contributed by atoms with Crippen LogP contribution in [0.4, 0.5) is 14.5 Å². The highest BCUT2D eigenvalue weighted by atomic mass is 32.2. The van der Waals surface area contributed by atoms with E-state index in [1.54, 1.807) is 6.07 Å². The number of rotatable bonds is 10. The van der Waals surface area contributed by atoms with Crippen LogP contribution in [-0.2, 0) is 32.6 Å². The molecular formula is C27H29F2N3O4S. The normalized spacial score (nSPS) is 12.0. The lowest BCUT2D eigenvalue weighted by Crippen LogP contribution is -2.52. The second-order valence-corrected chi connectivity index (χ2v) is 10.6. The minimum atomic E-state index is -4.07. The molecule has 0 aliphatic carbocycles. The maximum atomic E-state index is 13.9. The fraction of sp³-hybridized carbons (Fsp3) is 0.259. The number of halogens is 2. The number of likely N-dealkylation sites (N-methyl/N-ethyl adjacent to an activating group) is 1. The molecule has 10 heteroatoms. The van der Waals surface area contributed by atoms with Gasteiger partial charge in [-0.3, -0.25) is 13.9 Å². The van der Waals surface area contributed by atoms with Gasteiger partial charge in [-0.05, 0) is 30.2 Å². The van der Waals surface area contributed by atoms with Gasteiger partial charge in [0.05, 0.1) is 11.9 Å². The van der Waals surface area contributed by atoms with E-state index < -0.39 is 46.1 Å². The number of carbonyl (C=O) groups excluding carboxylic acids is 2. The Morgan fingerprint density at radius 1 is 0.919 bits per heavy atom. The lowest BCUT2D eigenvalue weighted by Gasteiger charge is -2.33. The molecule has 3 aromatic rings. The molecule has 0 bridgehead atoms. The van der Waals surface area contributed by atoms with E-state index in [0.29, 0.717) is 4.31 Å². The summed E-state index contributed by atoms with van der Waals surface area (Å²) in [5, 5.41) is 2.59. The summed E-state index contributed by atoms with van der Waals surface area (Å²) in [6.07, 6.45) is 1.05. The second kappa shape index (κ2) is 12.0. The maximum Gasteiger partial charge on any atom is 0.244 e. The molecule has 0 heterocycles. The summed E-state index contributed by atoms with van der Waals surface area (Å²) in [6, 6.07) is 18.1. The van der Waals surface area contributed by atoms with Gasteiger partial charge in [-0.25, -0.2) is 17.2 Å². The minimum Gasteiger partial charge on any atom is -0.357 e. The lowest BCUT2D eigenvalue weighted by atomic mass is 10.0. The third kappa shape index (κ3) is 7.36. The molecule has 3 rings (SSSR count). The molecule has 7 nitrogen and oxygen atoms in total. The van der Waals surface area contributed by atoms with Crippen LogP contribution in [0.15, 0.2) is 72.8 Å². The molecule has 0 aliphatic rings. The van der Waals surface area contributed by atoms with Gasteiger partial charge >= 0.3 is 0 Å². The van der Waals surface area contributed by atoms with Crippen molar-refractivity contribution in [1.29, 1.82) is 0 Å². The van der Waals surface area contributed by atoms with Gasteiger partial charge in [0.25, 0.3) is 0 Å². The first-order chi connectivity index (χ1) is 17.5. The highest BCUT2D eigenvalue weighted by molar-refractivity contribution is 7.92. The van der Waals surface area contributed by atoms with Crippen molar-refractivity contribution in [3.63, 3.8) is 0 Å². The zero-order valence-corrected chi connectivity index (χ0v) is 21.6.